The molecule has 0 radical (unpaired) electrons. The van der Waals surface area contributed by atoms with E-state index in [-0.39, 0.29) is 5.56 Å². The molecule has 0 fully saturated rings. The first-order valence-electron chi connectivity index (χ1n) is 8.13. The standard InChI is InChI=1S/C21H17N3O/c1-14-3-5-19(15(2)11-14)16-4-6-20-17(12-16)13-23-24(21(20)25)18-7-9-22-10-8-18/h3-13H,1-2H3. The molecule has 0 atom stereocenters. The van der Waals surface area contributed by atoms with E-state index in [4.69, 9.17) is 0 Å². The Labute approximate surface area is 145 Å². The van der Waals surface area contributed by atoms with E-state index in [0.717, 1.165) is 10.9 Å². The van der Waals surface area contributed by atoms with Crippen LogP contribution in [0.4, 0.5) is 0 Å². The number of hydrogen-bond donors (Lipinski definition) is 0. The van der Waals surface area contributed by atoms with Crippen LogP contribution in [0, 0.1) is 13.8 Å². The lowest BCUT2D eigenvalue weighted by molar-refractivity contribution is 0.819. The number of nitrogens with zero attached hydrogens (tertiary/aromatic N) is 3. The van der Waals surface area contributed by atoms with Gasteiger partial charge in [0.15, 0.2) is 0 Å². The Hall–Kier alpha value is -3.27. The van der Waals surface area contributed by atoms with Gasteiger partial charge in [-0.15, -0.1) is 0 Å². The second kappa shape index (κ2) is 5.98. The van der Waals surface area contributed by atoms with Crippen molar-refractivity contribution in [2.45, 2.75) is 13.8 Å². The van der Waals surface area contributed by atoms with Gasteiger partial charge in [-0.05, 0) is 54.8 Å². The highest BCUT2D eigenvalue weighted by atomic mass is 16.1. The molecule has 0 aliphatic rings. The minimum absolute atomic E-state index is 0.129. The van der Waals surface area contributed by atoms with Crippen LogP contribution in [0.25, 0.3) is 27.6 Å². The molecule has 4 rings (SSSR count). The number of fused-ring (bicyclic) bond motifs is 1. The fraction of sp³-hybridized carbons (Fsp3) is 0.0952. The van der Waals surface area contributed by atoms with Crippen molar-refractivity contribution >= 4 is 10.8 Å². The topological polar surface area (TPSA) is 47.8 Å². The molecule has 0 saturated carbocycles. The van der Waals surface area contributed by atoms with E-state index < -0.39 is 0 Å². The summed E-state index contributed by atoms with van der Waals surface area (Å²) in [7, 11) is 0. The maximum atomic E-state index is 12.8. The molecule has 4 aromatic rings. The van der Waals surface area contributed by atoms with Crippen LogP contribution >= 0.6 is 0 Å². The summed E-state index contributed by atoms with van der Waals surface area (Å²) in [5.74, 6) is 0. The Balaban J connectivity index is 1.87. The third-order valence-corrected chi connectivity index (χ3v) is 4.39. The zero-order valence-corrected chi connectivity index (χ0v) is 14.1. The monoisotopic (exact) mass is 327 g/mol. The average molecular weight is 327 g/mol. The molecule has 0 aliphatic heterocycles. The molecule has 0 amide bonds. The lowest BCUT2D eigenvalue weighted by Crippen LogP contribution is -2.20. The Bertz CT molecular complexity index is 1130. The first-order valence-corrected chi connectivity index (χ1v) is 8.13. The van der Waals surface area contributed by atoms with Gasteiger partial charge in [0.05, 0.1) is 17.3 Å². The van der Waals surface area contributed by atoms with E-state index in [2.05, 4.69) is 42.1 Å². The molecular formula is C21H17N3O. The van der Waals surface area contributed by atoms with E-state index in [1.807, 2.05) is 18.2 Å². The Morgan fingerprint density at radius 3 is 2.48 bits per heavy atom. The smallest absolute Gasteiger partial charge is 0.267 e. The van der Waals surface area contributed by atoms with Gasteiger partial charge in [-0.1, -0.05) is 29.8 Å². The number of benzene rings is 2. The van der Waals surface area contributed by atoms with E-state index in [9.17, 15) is 4.79 Å². The zero-order valence-electron chi connectivity index (χ0n) is 14.1. The normalized spacial score (nSPS) is 11.0. The van der Waals surface area contributed by atoms with Gasteiger partial charge in [0.2, 0.25) is 0 Å². The van der Waals surface area contributed by atoms with Crippen LogP contribution in [0.1, 0.15) is 11.1 Å². The zero-order chi connectivity index (χ0) is 17.4. The fourth-order valence-electron chi connectivity index (χ4n) is 3.12. The first-order chi connectivity index (χ1) is 12.1. The minimum atomic E-state index is -0.129. The average Bonchev–Trinajstić information content (AvgIpc) is 2.62. The van der Waals surface area contributed by atoms with Crippen LogP contribution in [0.5, 0.6) is 0 Å². The lowest BCUT2D eigenvalue weighted by atomic mass is 9.97. The molecule has 2 aromatic carbocycles. The van der Waals surface area contributed by atoms with Crippen molar-refractivity contribution in [3.63, 3.8) is 0 Å². The molecule has 0 spiro atoms. The summed E-state index contributed by atoms with van der Waals surface area (Å²) < 4.78 is 1.40. The highest BCUT2D eigenvalue weighted by molar-refractivity contribution is 5.86. The highest BCUT2D eigenvalue weighted by Crippen LogP contribution is 2.26. The molecular weight excluding hydrogens is 310 g/mol. The van der Waals surface area contributed by atoms with Crippen LogP contribution in [0.3, 0.4) is 0 Å². The van der Waals surface area contributed by atoms with Crippen LogP contribution in [0.15, 0.2) is 71.9 Å². The molecule has 4 nitrogen and oxygen atoms in total. The number of rotatable bonds is 2. The van der Waals surface area contributed by atoms with Gasteiger partial charge in [-0.3, -0.25) is 9.78 Å². The maximum Gasteiger partial charge on any atom is 0.279 e. The highest BCUT2D eigenvalue weighted by Gasteiger charge is 2.08. The number of aryl methyl sites for hydroxylation is 2. The Kier molecular flexibility index (Phi) is 3.65. The van der Waals surface area contributed by atoms with Gasteiger partial charge in [0, 0.05) is 17.8 Å². The summed E-state index contributed by atoms with van der Waals surface area (Å²) in [4.78, 5) is 16.7. The molecule has 0 saturated heterocycles. The molecule has 4 heteroatoms. The van der Waals surface area contributed by atoms with Crippen molar-refractivity contribution in [2.24, 2.45) is 0 Å². The van der Waals surface area contributed by atoms with Crippen molar-refractivity contribution in [3.05, 3.63) is 88.6 Å². The molecule has 0 unspecified atom stereocenters. The predicted octanol–water partition coefficient (Wildman–Crippen LogP) is 4.06. The predicted molar refractivity (Wildman–Crippen MR) is 100 cm³/mol. The van der Waals surface area contributed by atoms with Crippen LogP contribution in [-0.4, -0.2) is 14.8 Å². The second-order valence-corrected chi connectivity index (χ2v) is 6.19. The summed E-state index contributed by atoms with van der Waals surface area (Å²) in [6.45, 7) is 4.19. The molecule has 2 heterocycles. The summed E-state index contributed by atoms with van der Waals surface area (Å²) >= 11 is 0. The van der Waals surface area contributed by atoms with Gasteiger partial charge >= 0.3 is 0 Å². The van der Waals surface area contributed by atoms with Gasteiger partial charge in [0.25, 0.3) is 5.56 Å². The maximum absolute atomic E-state index is 12.8. The van der Waals surface area contributed by atoms with Gasteiger partial charge in [-0.25, -0.2) is 0 Å². The Morgan fingerprint density at radius 1 is 0.920 bits per heavy atom. The SMILES string of the molecule is Cc1ccc(-c2ccc3c(=O)n(-c4ccncc4)ncc3c2)c(C)c1. The largest absolute Gasteiger partial charge is 0.279 e. The van der Waals surface area contributed by atoms with E-state index >= 15 is 0 Å². The van der Waals surface area contributed by atoms with Crippen LogP contribution < -0.4 is 5.56 Å². The quantitative estimate of drug-likeness (QED) is 0.558. The Morgan fingerprint density at radius 2 is 1.72 bits per heavy atom. The van der Waals surface area contributed by atoms with Gasteiger partial charge < -0.3 is 0 Å². The summed E-state index contributed by atoms with van der Waals surface area (Å²) in [5.41, 5.74) is 5.30. The van der Waals surface area contributed by atoms with Gasteiger partial charge in [0.1, 0.15) is 0 Å². The molecule has 0 N–H and O–H groups in total. The van der Waals surface area contributed by atoms with E-state index in [1.165, 1.54) is 21.4 Å². The van der Waals surface area contributed by atoms with Crippen molar-refractivity contribution in [1.82, 2.24) is 14.8 Å². The molecule has 0 aliphatic carbocycles. The van der Waals surface area contributed by atoms with Crippen molar-refractivity contribution in [2.75, 3.05) is 0 Å². The number of aromatic nitrogens is 3. The molecule has 25 heavy (non-hydrogen) atoms. The van der Waals surface area contributed by atoms with Crippen molar-refractivity contribution in [3.8, 4) is 16.8 Å². The number of pyridine rings is 1. The van der Waals surface area contributed by atoms with E-state index in [1.54, 1.807) is 30.7 Å². The van der Waals surface area contributed by atoms with Crippen molar-refractivity contribution in [1.29, 1.82) is 0 Å². The summed E-state index contributed by atoms with van der Waals surface area (Å²) in [5, 5.41) is 5.82. The third kappa shape index (κ3) is 2.72. The second-order valence-electron chi connectivity index (χ2n) is 6.19. The minimum Gasteiger partial charge on any atom is -0.267 e. The van der Waals surface area contributed by atoms with E-state index in [0.29, 0.717) is 11.1 Å². The molecule has 122 valence electrons. The van der Waals surface area contributed by atoms with Crippen molar-refractivity contribution < 1.29 is 0 Å². The van der Waals surface area contributed by atoms with Crippen LogP contribution in [-0.2, 0) is 0 Å². The summed E-state index contributed by atoms with van der Waals surface area (Å²) in [6, 6.07) is 15.8. The van der Waals surface area contributed by atoms with Crippen LogP contribution in [0.2, 0.25) is 0 Å². The lowest BCUT2D eigenvalue weighted by Gasteiger charge is -2.09. The molecule has 2 aromatic heterocycles. The fourth-order valence-corrected chi connectivity index (χ4v) is 3.12. The first kappa shape index (κ1) is 15.3. The summed E-state index contributed by atoms with van der Waals surface area (Å²) in [6.07, 6.45) is 5.04. The van der Waals surface area contributed by atoms with Gasteiger partial charge in [-0.2, -0.15) is 9.78 Å². The number of hydrogen-bond acceptors (Lipinski definition) is 3. The molecule has 0 bridgehead atoms. The third-order valence-electron chi connectivity index (χ3n) is 4.39.